The van der Waals surface area contributed by atoms with Crippen molar-refractivity contribution in [3.05, 3.63) is 12.0 Å². The summed E-state index contributed by atoms with van der Waals surface area (Å²) in [6.45, 7) is 3.31. The summed E-state index contributed by atoms with van der Waals surface area (Å²) in [5.41, 5.74) is 0. The highest BCUT2D eigenvalue weighted by Crippen LogP contribution is 2.05. The molecule has 7 heavy (non-hydrogen) atoms. The molecule has 40 valence electrons. The molecule has 1 fully saturated rings. The summed E-state index contributed by atoms with van der Waals surface area (Å²) < 4.78 is 9.88. The molecule has 0 aromatic rings. The smallest absolute Gasteiger partial charge is 0.274 e. The van der Waals surface area contributed by atoms with Crippen LogP contribution in [0.5, 0.6) is 0 Å². The first-order valence-corrected chi connectivity index (χ1v) is 2.35. The van der Waals surface area contributed by atoms with Gasteiger partial charge in [-0.2, -0.15) is 0 Å². The van der Waals surface area contributed by atoms with Crippen LogP contribution in [0, 0.1) is 0 Å². The van der Waals surface area contributed by atoms with Crippen molar-refractivity contribution in [1.29, 1.82) is 0 Å². The molecule has 0 spiro atoms. The average molecular weight is 100 g/mol. The average Bonchev–Trinajstić information content (AvgIpc) is 2.14. The topological polar surface area (TPSA) is 18.5 Å². The fourth-order valence-electron chi connectivity index (χ4n) is 0.493. The molecule has 0 aromatic heterocycles. The zero-order valence-corrected chi connectivity index (χ0v) is 4.31. The van der Waals surface area contributed by atoms with Gasteiger partial charge in [-0.25, -0.2) is 0 Å². The number of ether oxygens (including phenoxy) is 2. The molecule has 1 saturated heterocycles. The first-order chi connectivity index (χ1) is 3.43. The number of hydrogen-bond donors (Lipinski definition) is 0. The molecule has 1 aliphatic rings. The zero-order chi connectivity index (χ0) is 5.11. The fraction of sp³-hybridized carbons (Fsp3) is 0.600. The van der Waals surface area contributed by atoms with Crippen LogP contribution >= 0.6 is 0 Å². The van der Waals surface area contributed by atoms with E-state index in [-0.39, 0.29) is 0 Å². The minimum absolute atomic E-state index is 0.667. The van der Waals surface area contributed by atoms with E-state index in [1.165, 1.54) is 0 Å². The van der Waals surface area contributed by atoms with Gasteiger partial charge in [0.15, 0.2) is 0 Å². The van der Waals surface area contributed by atoms with Gasteiger partial charge in [0, 0.05) is 0 Å². The maximum atomic E-state index is 4.94. The van der Waals surface area contributed by atoms with Crippen LogP contribution in [-0.2, 0) is 9.47 Å². The molecule has 1 rings (SSSR count). The van der Waals surface area contributed by atoms with Crippen molar-refractivity contribution in [1.82, 2.24) is 0 Å². The largest absolute Gasteiger partial charge is 0.462 e. The Balaban J connectivity index is 2.41. The lowest BCUT2D eigenvalue weighted by atomic mass is 10.7. The van der Waals surface area contributed by atoms with E-state index in [1.54, 1.807) is 0 Å². The predicted molar refractivity (Wildman–Crippen MR) is 25.7 cm³/mol. The molecule has 0 saturated carbocycles. The van der Waals surface area contributed by atoms with Crippen LogP contribution in [0.15, 0.2) is 12.0 Å². The van der Waals surface area contributed by atoms with Crippen molar-refractivity contribution in [2.75, 3.05) is 13.2 Å². The summed E-state index contributed by atoms with van der Waals surface area (Å²) in [7, 11) is 0. The zero-order valence-electron chi connectivity index (χ0n) is 4.31. The highest BCUT2D eigenvalue weighted by atomic mass is 16.7. The van der Waals surface area contributed by atoms with Gasteiger partial charge in [-0.1, -0.05) is 0 Å². The summed E-state index contributed by atoms with van der Waals surface area (Å²) in [5, 5.41) is 0. The second kappa shape index (κ2) is 1.87. The second-order valence-corrected chi connectivity index (χ2v) is 1.30. The molecule has 2 nitrogen and oxygen atoms in total. The molecule has 0 atom stereocenters. The Kier molecular flexibility index (Phi) is 1.20. The number of allylic oxidation sites excluding steroid dienone is 1. The predicted octanol–water partition coefficient (Wildman–Crippen LogP) is 0.895. The Morgan fingerprint density at radius 2 is 2.00 bits per heavy atom. The van der Waals surface area contributed by atoms with Crippen molar-refractivity contribution in [3.63, 3.8) is 0 Å². The highest BCUT2D eigenvalue weighted by Gasteiger charge is 2.04. The minimum atomic E-state index is 0.667. The lowest BCUT2D eigenvalue weighted by molar-refractivity contribution is 0.175. The van der Waals surface area contributed by atoms with Crippen LogP contribution in [0.25, 0.3) is 0 Å². The third kappa shape index (κ3) is 0.856. The summed E-state index contributed by atoms with van der Waals surface area (Å²) in [6.07, 6.45) is 1.81. The van der Waals surface area contributed by atoms with Crippen LogP contribution in [0.1, 0.15) is 6.92 Å². The summed E-state index contributed by atoms with van der Waals surface area (Å²) in [5.74, 6) is 0.667. The molecule has 0 aliphatic carbocycles. The van der Waals surface area contributed by atoms with Gasteiger partial charge in [0.05, 0.1) is 0 Å². The Morgan fingerprint density at radius 3 is 2.29 bits per heavy atom. The molecule has 0 amide bonds. The Labute approximate surface area is 42.7 Å². The second-order valence-electron chi connectivity index (χ2n) is 1.30. The van der Waals surface area contributed by atoms with Crippen LogP contribution in [0.4, 0.5) is 0 Å². The van der Waals surface area contributed by atoms with E-state index in [0.717, 1.165) is 0 Å². The van der Waals surface area contributed by atoms with Crippen molar-refractivity contribution in [2.45, 2.75) is 6.92 Å². The van der Waals surface area contributed by atoms with Gasteiger partial charge in [-0.3, -0.25) is 0 Å². The Hall–Kier alpha value is -0.660. The van der Waals surface area contributed by atoms with E-state index in [0.29, 0.717) is 19.2 Å². The third-order valence-electron chi connectivity index (χ3n) is 0.808. The number of hydrogen-bond acceptors (Lipinski definition) is 2. The van der Waals surface area contributed by atoms with Crippen LogP contribution in [0.3, 0.4) is 0 Å². The van der Waals surface area contributed by atoms with E-state index in [9.17, 15) is 0 Å². The van der Waals surface area contributed by atoms with Gasteiger partial charge in [0.1, 0.15) is 13.2 Å². The standard InChI is InChI=1S/C5H8O2/c1-2-5-6-3-4-7-5/h2H,3-4H2,1H3. The first kappa shape index (κ1) is 4.50. The van der Waals surface area contributed by atoms with Gasteiger partial charge in [0.25, 0.3) is 5.95 Å². The van der Waals surface area contributed by atoms with Crippen molar-refractivity contribution in [2.24, 2.45) is 0 Å². The normalized spacial score (nSPS) is 18.1. The summed E-state index contributed by atoms with van der Waals surface area (Å²) in [4.78, 5) is 0. The van der Waals surface area contributed by atoms with Gasteiger partial charge < -0.3 is 9.47 Å². The van der Waals surface area contributed by atoms with E-state index >= 15 is 0 Å². The lowest BCUT2D eigenvalue weighted by Gasteiger charge is -1.90. The van der Waals surface area contributed by atoms with Crippen molar-refractivity contribution in [3.8, 4) is 0 Å². The van der Waals surface area contributed by atoms with E-state index < -0.39 is 0 Å². The SMILES string of the molecule is CC=C1OCCO1. The van der Waals surface area contributed by atoms with Crippen LogP contribution in [0.2, 0.25) is 0 Å². The minimum Gasteiger partial charge on any atom is -0.462 e. The monoisotopic (exact) mass is 100 g/mol. The van der Waals surface area contributed by atoms with Crippen molar-refractivity contribution < 1.29 is 9.47 Å². The Morgan fingerprint density at radius 1 is 1.43 bits per heavy atom. The maximum Gasteiger partial charge on any atom is 0.274 e. The molecular formula is C5H8O2. The highest BCUT2D eigenvalue weighted by molar-refractivity contribution is 4.81. The number of rotatable bonds is 0. The molecule has 0 bridgehead atoms. The maximum absolute atomic E-state index is 4.94. The summed E-state index contributed by atoms with van der Waals surface area (Å²) >= 11 is 0. The van der Waals surface area contributed by atoms with Crippen molar-refractivity contribution >= 4 is 0 Å². The van der Waals surface area contributed by atoms with Crippen LogP contribution < -0.4 is 0 Å². The van der Waals surface area contributed by atoms with Gasteiger partial charge in [0.2, 0.25) is 0 Å². The lowest BCUT2D eigenvalue weighted by Crippen LogP contribution is -1.79. The van der Waals surface area contributed by atoms with Gasteiger partial charge >= 0.3 is 0 Å². The van der Waals surface area contributed by atoms with E-state index in [2.05, 4.69) is 0 Å². The van der Waals surface area contributed by atoms with Gasteiger partial charge in [-0.15, -0.1) is 0 Å². The Bertz CT molecular complexity index is 78.1. The molecular weight excluding hydrogens is 92.1 g/mol. The summed E-state index contributed by atoms with van der Waals surface area (Å²) in [6, 6.07) is 0. The molecule has 0 radical (unpaired) electrons. The molecule has 0 N–H and O–H groups in total. The quantitative estimate of drug-likeness (QED) is 0.450. The van der Waals surface area contributed by atoms with E-state index in [4.69, 9.17) is 9.47 Å². The first-order valence-electron chi connectivity index (χ1n) is 2.35. The molecule has 1 heterocycles. The van der Waals surface area contributed by atoms with Gasteiger partial charge in [-0.05, 0) is 13.0 Å². The fourth-order valence-corrected chi connectivity index (χ4v) is 0.493. The van der Waals surface area contributed by atoms with Crippen LogP contribution in [-0.4, -0.2) is 13.2 Å². The molecule has 0 unspecified atom stereocenters. The molecule has 1 aliphatic heterocycles. The third-order valence-corrected chi connectivity index (χ3v) is 0.808. The molecule has 2 heteroatoms. The van der Waals surface area contributed by atoms with E-state index in [1.807, 2.05) is 13.0 Å². The molecule has 0 aromatic carbocycles.